The number of nitro groups is 1. The number of pyridine rings is 1. The highest BCUT2D eigenvalue weighted by atomic mass is 79.9. The van der Waals surface area contributed by atoms with Gasteiger partial charge in [0.2, 0.25) is 0 Å². The molecule has 1 heterocycles. The molecule has 2 rings (SSSR count). The molecule has 0 aliphatic carbocycles. The third-order valence-electron chi connectivity index (χ3n) is 2.40. The van der Waals surface area contributed by atoms with Crippen molar-refractivity contribution in [2.75, 3.05) is 5.32 Å². The molecule has 0 aliphatic heterocycles. The van der Waals surface area contributed by atoms with Crippen LogP contribution in [0.15, 0.2) is 41.1 Å². The first-order chi connectivity index (χ1) is 9.06. The Morgan fingerprint density at radius 3 is 2.84 bits per heavy atom. The Labute approximate surface area is 116 Å². The highest BCUT2D eigenvalue weighted by molar-refractivity contribution is 9.10. The van der Waals surface area contributed by atoms with Gasteiger partial charge in [0, 0.05) is 35.5 Å². The average molecular weight is 326 g/mol. The van der Waals surface area contributed by atoms with E-state index in [-0.39, 0.29) is 11.4 Å². The zero-order chi connectivity index (χ0) is 13.8. The van der Waals surface area contributed by atoms with Crippen molar-refractivity contribution in [3.63, 3.8) is 0 Å². The Hall–Kier alpha value is -2.02. The molecule has 7 heteroatoms. The topological polar surface area (TPSA) is 68.1 Å². The fraction of sp³-hybridized carbons (Fsp3) is 0.0833. The average Bonchev–Trinajstić information content (AvgIpc) is 2.36. The summed E-state index contributed by atoms with van der Waals surface area (Å²) in [5.41, 5.74) is 0.808. The van der Waals surface area contributed by atoms with Gasteiger partial charge in [0.15, 0.2) is 0 Å². The minimum Gasteiger partial charge on any atom is -0.375 e. The SMILES string of the molecule is O=[N+]([O-])c1ccc(F)cc1NCc1cncc(Br)c1. The lowest BCUT2D eigenvalue weighted by atomic mass is 10.2. The summed E-state index contributed by atoms with van der Waals surface area (Å²) in [6.07, 6.45) is 3.26. The smallest absolute Gasteiger partial charge is 0.292 e. The number of hydrogen-bond donors (Lipinski definition) is 1. The van der Waals surface area contributed by atoms with Crippen molar-refractivity contribution in [2.24, 2.45) is 0 Å². The second-order valence-corrected chi connectivity index (χ2v) is 4.70. The first-order valence-electron chi connectivity index (χ1n) is 5.33. The molecule has 1 N–H and O–H groups in total. The van der Waals surface area contributed by atoms with Crippen molar-refractivity contribution >= 4 is 27.3 Å². The number of hydrogen-bond acceptors (Lipinski definition) is 4. The first-order valence-corrected chi connectivity index (χ1v) is 6.13. The van der Waals surface area contributed by atoms with E-state index in [1.54, 1.807) is 12.4 Å². The van der Waals surface area contributed by atoms with Crippen LogP contribution in [0.3, 0.4) is 0 Å². The van der Waals surface area contributed by atoms with Gasteiger partial charge in [-0.15, -0.1) is 0 Å². The molecular weight excluding hydrogens is 317 g/mol. The molecule has 0 unspecified atom stereocenters. The van der Waals surface area contributed by atoms with E-state index in [1.165, 1.54) is 0 Å². The maximum atomic E-state index is 13.1. The summed E-state index contributed by atoms with van der Waals surface area (Å²) in [4.78, 5) is 14.2. The molecule has 0 radical (unpaired) electrons. The van der Waals surface area contributed by atoms with Crippen molar-refractivity contribution in [3.8, 4) is 0 Å². The van der Waals surface area contributed by atoms with Crippen molar-refractivity contribution < 1.29 is 9.31 Å². The van der Waals surface area contributed by atoms with Gasteiger partial charge in [0.05, 0.1) is 4.92 Å². The van der Waals surface area contributed by atoms with Gasteiger partial charge in [-0.2, -0.15) is 0 Å². The van der Waals surface area contributed by atoms with Crippen molar-refractivity contribution in [2.45, 2.75) is 6.54 Å². The van der Waals surface area contributed by atoms with E-state index >= 15 is 0 Å². The van der Waals surface area contributed by atoms with E-state index in [9.17, 15) is 14.5 Å². The predicted molar refractivity (Wildman–Crippen MR) is 72.3 cm³/mol. The number of anilines is 1. The van der Waals surface area contributed by atoms with Crippen LogP contribution in [0.4, 0.5) is 15.8 Å². The van der Waals surface area contributed by atoms with Crippen molar-refractivity contribution in [3.05, 3.63) is 62.6 Å². The molecule has 5 nitrogen and oxygen atoms in total. The van der Waals surface area contributed by atoms with Crippen LogP contribution in [0.25, 0.3) is 0 Å². The minimum absolute atomic E-state index is 0.143. The normalized spacial score (nSPS) is 10.2. The van der Waals surface area contributed by atoms with E-state index < -0.39 is 10.7 Å². The lowest BCUT2D eigenvalue weighted by Gasteiger charge is -2.07. The Morgan fingerprint density at radius 1 is 1.37 bits per heavy atom. The molecule has 2 aromatic rings. The minimum atomic E-state index is -0.555. The summed E-state index contributed by atoms with van der Waals surface area (Å²) >= 11 is 3.28. The van der Waals surface area contributed by atoms with E-state index in [1.807, 2.05) is 6.07 Å². The van der Waals surface area contributed by atoms with Crippen LogP contribution in [-0.4, -0.2) is 9.91 Å². The number of halogens is 2. The third-order valence-corrected chi connectivity index (χ3v) is 2.83. The maximum absolute atomic E-state index is 13.1. The molecule has 0 fully saturated rings. The molecule has 1 aromatic heterocycles. The maximum Gasteiger partial charge on any atom is 0.292 e. The quantitative estimate of drug-likeness (QED) is 0.690. The number of nitrogens with one attached hydrogen (secondary N) is 1. The van der Waals surface area contributed by atoms with Gasteiger partial charge in [-0.25, -0.2) is 4.39 Å². The summed E-state index contributed by atoms with van der Waals surface area (Å²) in [6.45, 7) is 0.316. The van der Waals surface area contributed by atoms with Gasteiger partial charge in [-0.1, -0.05) is 0 Å². The number of rotatable bonds is 4. The monoisotopic (exact) mass is 325 g/mol. The van der Waals surface area contributed by atoms with Gasteiger partial charge in [0.25, 0.3) is 5.69 Å². The molecule has 0 spiro atoms. The fourth-order valence-electron chi connectivity index (χ4n) is 1.56. The van der Waals surface area contributed by atoms with Crippen molar-refractivity contribution in [1.82, 2.24) is 4.98 Å². The van der Waals surface area contributed by atoms with Gasteiger partial charge >= 0.3 is 0 Å². The number of benzene rings is 1. The van der Waals surface area contributed by atoms with E-state index in [2.05, 4.69) is 26.2 Å². The number of nitrogens with zero attached hydrogens (tertiary/aromatic N) is 2. The van der Waals surface area contributed by atoms with Gasteiger partial charge < -0.3 is 5.32 Å². The highest BCUT2D eigenvalue weighted by Crippen LogP contribution is 2.25. The summed E-state index contributed by atoms with van der Waals surface area (Å²) < 4.78 is 13.9. The van der Waals surface area contributed by atoms with E-state index in [0.29, 0.717) is 6.54 Å². The van der Waals surface area contributed by atoms with Crippen LogP contribution >= 0.6 is 15.9 Å². The molecule has 0 amide bonds. The summed E-state index contributed by atoms with van der Waals surface area (Å²) in [6, 6.07) is 5.12. The molecule has 0 atom stereocenters. The Kier molecular flexibility index (Phi) is 4.06. The van der Waals surface area contributed by atoms with Crippen molar-refractivity contribution in [1.29, 1.82) is 0 Å². The number of nitro benzene ring substituents is 1. The van der Waals surface area contributed by atoms with Gasteiger partial charge in [0.1, 0.15) is 11.5 Å². The zero-order valence-electron chi connectivity index (χ0n) is 9.64. The third kappa shape index (κ3) is 3.47. The molecule has 1 aromatic carbocycles. The highest BCUT2D eigenvalue weighted by Gasteiger charge is 2.14. The van der Waals surface area contributed by atoms with Crippen LogP contribution in [0.5, 0.6) is 0 Å². The van der Waals surface area contributed by atoms with E-state index in [4.69, 9.17) is 0 Å². The lowest BCUT2D eigenvalue weighted by molar-refractivity contribution is -0.384. The van der Waals surface area contributed by atoms with E-state index in [0.717, 1.165) is 28.2 Å². The van der Waals surface area contributed by atoms with Crippen LogP contribution in [0.1, 0.15) is 5.56 Å². The molecule has 0 aliphatic rings. The predicted octanol–water partition coefficient (Wildman–Crippen LogP) is 3.50. The molecule has 0 saturated heterocycles. The largest absolute Gasteiger partial charge is 0.375 e. The molecule has 19 heavy (non-hydrogen) atoms. The zero-order valence-corrected chi connectivity index (χ0v) is 11.2. The standard InChI is InChI=1S/C12H9BrFN3O2/c13-9-3-8(5-15-7-9)6-16-11-4-10(14)1-2-12(11)17(18)19/h1-5,7,16H,6H2. The second-order valence-electron chi connectivity index (χ2n) is 3.78. The summed E-state index contributed by atoms with van der Waals surface area (Å²) in [5.74, 6) is -0.527. The Bertz CT molecular complexity index is 622. The van der Waals surface area contributed by atoms with Crippen LogP contribution in [0.2, 0.25) is 0 Å². The summed E-state index contributed by atoms with van der Waals surface area (Å²) in [7, 11) is 0. The molecular formula is C12H9BrFN3O2. The second kappa shape index (κ2) is 5.75. The molecule has 0 bridgehead atoms. The van der Waals surface area contributed by atoms with Gasteiger partial charge in [-0.05, 0) is 33.6 Å². The van der Waals surface area contributed by atoms with Crippen LogP contribution in [0, 0.1) is 15.9 Å². The summed E-state index contributed by atoms with van der Waals surface area (Å²) in [5, 5.41) is 13.7. The Morgan fingerprint density at radius 2 is 2.16 bits per heavy atom. The Balaban J connectivity index is 2.19. The lowest BCUT2D eigenvalue weighted by Crippen LogP contribution is -2.03. The molecule has 98 valence electrons. The molecule has 0 saturated carbocycles. The van der Waals surface area contributed by atoms with Gasteiger partial charge in [-0.3, -0.25) is 15.1 Å². The number of aromatic nitrogens is 1. The van der Waals surface area contributed by atoms with Crippen LogP contribution < -0.4 is 5.32 Å². The first kappa shape index (κ1) is 13.4. The van der Waals surface area contributed by atoms with Crippen LogP contribution in [-0.2, 0) is 6.54 Å². The fourth-order valence-corrected chi connectivity index (χ4v) is 1.97.